The van der Waals surface area contributed by atoms with Gasteiger partial charge in [-0.1, -0.05) is 6.92 Å². The van der Waals surface area contributed by atoms with Crippen LogP contribution in [0.5, 0.6) is 5.75 Å². The highest BCUT2D eigenvalue weighted by Crippen LogP contribution is 2.31. The van der Waals surface area contributed by atoms with Gasteiger partial charge in [-0.25, -0.2) is 14.4 Å². The lowest BCUT2D eigenvalue weighted by molar-refractivity contribution is -0.110. The number of carbonyl (C=O) groups is 2. The Labute approximate surface area is 211 Å². The van der Waals surface area contributed by atoms with Crippen LogP contribution < -0.4 is 20.7 Å². The van der Waals surface area contributed by atoms with E-state index in [1.165, 1.54) is 31.6 Å². The monoisotopic (exact) mass is 508 g/mol. The first-order valence-corrected chi connectivity index (χ1v) is 11.6. The molecule has 0 radical (unpaired) electrons. The molecule has 192 valence electrons. The van der Waals surface area contributed by atoms with Crippen molar-refractivity contribution in [2.24, 2.45) is 0 Å². The van der Waals surface area contributed by atoms with Crippen molar-refractivity contribution < 1.29 is 23.1 Å². The van der Waals surface area contributed by atoms with Crippen LogP contribution in [0.4, 0.5) is 20.3 Å². The number of imidazole rings is 1. The number of ether oxygens (including phenoxy) is 1. The molecular formula is C26H26F2N6O3. The van der Waals surface area contributed by atoms with E-state index in [0.29, 0.717) is 47.8 Å². The van der Waals surface area contributed by atoms with Gasteiger partial charge in [-0.2, -0.15) is 4.39 Å². The number of methoxy groups -OCH3 is 1. The summed E-state index contributed by atoms with van der Waals surface area (Å²) in [6.07, 6.45) is 5.77. The molecule has 0 aliphatic rings. The Morgan fingerprint density at radius 2 is 2.00 bits per heavy atom. The maximum absolute atomic E-state index is 14.7. The SMILES string of the molecule is CCc1cc(Nc2nccn3c(-c4ccc(OC)c(F)c4F)cnc23)ccc1C(=O)NC[C@@H](C)NC=O. The van der Waals surface area contributed by atoms with Gasteiger partial charge in [0.25, 0.3) is 5.91 Å². The largest absolute Gasteiger partial charge is 0.494 e. The van der Waals surface area contributed by atoms with Crippen molar-refractivity contribution in [3.8, 4) is 17.0 Å². The summed E-state index contributed by atoms with van der Waals surface area (Å²) in [5, 5.41) is 8.60. The van der Waals surface area contributed by atoms with E-state index in [1.54, 1.807) is 29.7 Å². The van der Waals surface area contributed by atoms with Crippen LogP contribution in [0.25, 0.3) is 16.9 Å². The van der Waals surface area contributed by atoms with Crippen LogP contribution in [-0.4, -0.2) is 46.4 Å². The third kappa shape index (κ3) is 5.20. The van der Waals surface area contributed by atoms with E-state index in [9.17, 15) is 18.4 Å². The molecule has 3 N–H and O–H groups in total. The Bertz CT molecular complexity index is 1460. The van der Waals surface area contributed by atoms with E-state index in [1.807, 2.05) is 13.0 Å². The molecule has 0 saturated carbocycles. The Morgan fingerprint density at radius 1 is 1.19 bits per heavy atom. The number of carbonyl (C=O) groups excluding carboxylic acids is 2. The highest BCUT2D eigenvalue weighted by Gasteiger charge is 2.19. The maximum atomic E-state index is 14.7. The van der Waals surface area contributed by atoms with Crippen molar-refractivity contribution >= 4 is 29.5 Å². The fraction of sp³-hybridized carbons (Fsp3) is 0.231. The fourth-order valence-electron chi connectivity index (χ4n) is 3.93. The molecular weight excluding hydrogens is 482 g/mol. The third-order valence-electron chi connectivity index (χ3n) is 5.89. The van der Waals surface area contributed by atoms with Crippen molar-refractivity contribution in [1.29, 1.82) is 0 Å². The van der Waals surface area contributed by atoms with Crippen LogP contribution in [-0.2, 0) is 11.2 Å². The molecule has 11 heteroatoms. The number of rotatable bonds is 10. The number of hydrogen-bond acceptors (Lipinski definition) is 6. The number of halogens is 2. The molecule has 0 aliphatic carbocycles. The molecule has 9 nitrogen and oxygen atoms in total. The second kappa shape index (κ2) is 11.0. The Hall–Kier alpha value is -4.54. The summed E-state index contributed by atoms with van der Waals surface area (Å²) in [5.41, 5.74) is 2.80. The first kappa shape index (κ1) is 25.5. The number of hydrogen-bond donors (Lipinski definition) is 3. The number of anilines is 2. The van der Waals surface area contributed by atoms with Crippen molar-refractivity contribution in [2.45, 2.75) is 26.3 Å². The lowest BCUT2D eigenvalue weighted by Crippen LogP contribution is -2.38. The summed E-state index contributed by atoms with van der Waals surface area (Å²) in [6.45, 7) is 4.03. The summed E-state index contributed by atoms with van der Waals surface area (Å²) in [6, 6.07) is 7.89. The van der Waals surface area contributed by atoms with Gasteiger partial charge in [-0.05, 0) is 49.2 Å². The van der Waals surface area contributed by atoms with Gasteiger partial charge in [0, 0.05) is 41.8 Å². The Morgan fingerprint density at radius 3 is 2.73 bits per heavy atom. The average Bonchev–Trinajstić information content (AvgIpc) is 3.34. The van der Waals surface area contributed by atoms with E-state index in [2.05, 4.69) is 25.9 Å². The van der Waals surface area contributed by atoms with Crippen LogP contribution in [0.15, 0.2) is 48.9 Å². The molecule has 0 spiro atoms. The molecule has 0 unspecified atom stereocenters. The number of amides is 2. The van der Waals surface area contributed by atoms with Crippen LogP contribution in [0.1, 0.15) is 29.8 Å². The molecule has 2 heterocycles. The van der Waals surface area contributed by atoms with Gasteiger partial charge in [0.1, 0.15) is 0 Å². The van der Waals surface area contributed by atoms with Gasteiger partial charge in [-0.3, -0.25) is 14.0 Å². The predicted molar refractivity (Wildman–Crippen MR) is 135 cm³/mol. The first-order valence-electron chi connectivity index (χ1n) is 11.6. The van der Waals surface area contributed by atoms with Crippen molar-refractivity contribution in [3.05, 3.63) is 71.7 Å². The molecule has 4 rings (SSSR count). The lowest BCUT2D eigenvalue weighted by Gasteiger charge is -2.15. The minimum Gasteiger partial charge on any atom is -0.494 e. The van der Waals surface area contributed by atoms with Gasteiger partial charge in [-0.15, -0.1) is 0 Å². The normalized spacial score (nSPS) is 11.7. The summed E-state index contributed by atoms with van der Waals surface area (Å²) in [5.74, 6) is -2.14. The minimum absolute atomic E-state index is 0.0317. The maximum Gasteiger partial charge on any atom is 0.251 e. The van der Waals surface area contributed by atoms with Crippen LogP contribution in [0, 0.1) is 11.6 Å². The first-order chi connectivity index (χ1) is 17.9. The van der Waals surface area contributed by atoms with E-state index in [0.717, 1.165) is 5.56 Å². The van der Waals surface area contributed by atoms with E-state index < -0.39 is 11.6 Å². The molecule has 0 saturated heterocycles. The van der Waals surface area contributed by atoms with Gasteiger partial charge >= 0.3 is 0 Å². The molecule has 2 aromatic carbocycles. The number of nitrogens with zero attached hydrogens (tertiary/aromatic N) is 3. The highest BCUT2D eigenvalue weighted by atomic mass is 19.2. The zero-order valence-corrected chi connectivity index (χ0v) is 20.5. The second-order valence-corrected chi connectivity index (χ2v) is 8.30. The standard InChI is InChI=1S/C26H26F2N6O3/c1-4-16-11-17(5-6-18(16)26(36)31-12-15(2)32-14-35)33-24-25-30-13-20(34(25)10-9-29-24)19-7-8-21(37-3)23(28)22(19)27/h5-11,13-15H,4,12H2,1-3H3,(H,29,33)(H,31,36)(H,32,35)/t15-/m1/s1. The number of benzene rings is 2. The number of fused-ring (bicyclic) bond motifs is 1. The quantitative estimate of drug-likeness (QED) is 0.281. The average molecular weight is 509 g/mol. The third-order valence-corrected chi connectivity index (χ3v) is 5.89. The molecule has 2 aromatic heterocycles. The van der Waals surface area contributed by atoms with Crippen molar-refractivity contribution in [2.75, 3.05) is 19.0 Å². The molecule has 0 aliphatic heterocycles. The van der Waals surface area contributed by atoms with Gasteiger partial charge in [0.15, 0.2) is 23.0 Å². The number of nitrogens with one attached hydrogen (secondary N) is 3. The molecule has 2 amide bonds. The topological polar surface area (TPSA) is 110 Å². The zero-order chi connectivity index (χ0) is 26.5. The number of aryl methyl sites for hydroxylation is 1. The summed E-state index contributed by atoms with van der Waals surface area (Å²) in [4.78, 5) is 31.9. The second-order valence-electron chi connectivity index (χ2n) is 8.30. The van der Waals surface area contributed by atoms with Gasteiger partial charge in [0.2, 0.25) is 12.2 Å². The predicted octanol–water partition coefficient (Wildman–Crippen LogP) is 3.85. The molecule has 37 heavy (non-hydrogen) atoms. The fourth-order valence-corrected chi connectivity index (χ4v) is 3.93. The van der Waals surface area contributed by atoms with Crippen molar-refractivity contribution in [1.82, 2.24) is 25.0 Å². The van der Waals surface area contributed by atoms with Crippen LogP contribution >= 0.6 is 0 Å². The summed E-state index contributed by atoms with van der Waals surface area (Å²) in [7, 11) is 1.27. The van der Waals surface area contributed by atoms with Gasteiger partial charge in [0.05, 0.1) is 19.0 Å². The minimum atomic E-state index is -1.08. The lowest BCUT2D eigenvalue weighted by atomic mass is 10.0. The Balaban J connectivity index is 1.61. The Kier molecular flexibility index (Phi) is 7.61. The summed E-state index contributed by atoms with van der Waals surface area (Å²) < 4.78 is 35.5. The van der Waals surface area contributed by atoms with Crippen LogP contribution in [0.2, 0.25) is 0 Å². The molecule has 0 bridgehead atoms. The van der Waals surface area contributed by atoms with Gasteiger partial charge < -0.3 is 20.7 Å². The van der Waals surface area contributed by atoms with E-state index in [4.69, 9.17) is 4.74 Å². The molecule has 1 atom stereocenters. The van der Waals surface area contributed by atoms with E-state index >= 15 is 0 Å². The molecule has 4 aromatic rings. The molecule has 0 fully saturated rings. The smallest absolute Gasteiger partial charge is 0.251 e. The number of aromatic nitrogens is 3. The summed E-state index contributed by atoms with van der Waals surface area (Å²) >= 11 is 0. The highest BCUT2D eigenvalue weighted by molar-refractivity contribution is 5.96. The van der Waals surface area contributed by atoms with Crippen molar-refractivity contribution in [3.63, 3.8) is 0 Å². The van der Waals surface area contributed by atoms with Crippen LogP contribution in [0.3, 0.4) is 0 Å². The van der Waals surface area contributed by atoms with E-state index in [-0.39, 0.29) is 23.3 Å². The zero-order valence-electron chi connectivity index (χ0n) is 20.5.